The summed E-state index contributed by atoms with van der Waals surface area (Å²) in [6.07, 6.45) is 3.64. The third-order valence-corrected chi connectivity index (χ3v) is 2.44. The van der Waals surface area contributed by atoms with Crippen molar-refractivity contribution in [3.8, 4) is 0 Å². The highest BCUT2D eigenvalue weighted by atomic mass is 16.3. The standard InChI is InChI=1S/C8H16O2/c1-8(10)4-2-7(6-9)3-5-8/h7,9-10H,2-6H2,1H3/t7-,8-. The average Bonchev–Trinajstić information content (AvgIpc) is 1.88. The van der Waals surface area contributed by atoms with Crippen molar-refractivity contribution in [1.29, 1.82) is 0 Å². The molecule has 0 atom stereocenters. The second kappa shape index (κ2) is 2.89. The molecular formula is C8H16O2. The van der Waals surface area contributed by atoms with Crippen molar-refractivity contribution in [2.45, 2.75) is 38.2 Å². The quantitative estimate of drug-likeness (QED) is 0.574. The zero-order valence-corrected chi connectivity index (χ0v) is 6.51. The molecule has 0 aromatic heterocycles. The van der Waals surface area contributed by atoms with E-state index in [4.69, 9.17) is 5.11 Å². The van der Waals surface area contributed by atoms with Crippen molar-refractivity contribution in [3.63, 3.8) is 0 Å². The summed E-state index contributed by atoms with van der Waals surface area (Å²) in [5.41, 5.74) is -0.453. The minimum atomic E-state index is -0.453. The molecule has 1 fully saturated rings. The van der Waals surface area contributed by atoms with E-state index < -0.39 is 5.60 Å². The van der Waals surface area contributed by atoms with E-state index in [-0.39, 0.29) is 6.61 Å². The fourth-order valence-electron chi connectivity index (χ4n) is 1.48. The zero-order valence-electron chi connectivity index (χ0n) is 6.51. The van der Waals surface area contributed by atoms with Gasteiger partial charge in [-0.2, -0.15) is 0 Å². The third kappa shape index (κ3) is 1.96. The van der Waals surface area contributed by atoms with Crippen LogP contribution in [0.1, 0.15) is 32.6 Å². The van der Waals surface area contributed by atoms with Crippen LogP contribution in [0.2, 0.25) is 0 Å². The molecule has 0 aromatic carbocycles. The van der Waals surface area contributed by atoms with Gasteiger partial charge >= 0.3 is 0 Å². The SMILES string of the molecule is C[C@]1(O)CC[C@H](CO)CC1. The van der Waals surface area contributed by atoms with Gasteiger partial charge in [0.1, 0.15) is 0 Å². The van der Waals surface area contributed by atoms with Crippen LogP contribution in [0.3, 0.4) is 0 Å². The molecule has 0 aromatic rings. The Labute approximate surface area is 61.9 Å². The van der Waals surface area contributed by atoms with Crippen LogP contribution in [0.25, 0.3) is 0 Å². The van der Waals surface area contributed by atoms with Crippen LogP contribution in [0.15, 0.2) is 0 Å². The molecule has 0 amide bonds. The fourth-order valence-corrected chi connectivity index (χ4v) is 1.48. The Balaban J connectivity index is 2.31. The minimum absolute atomic E-state index is 0.288. The summed E-state index contributed by atoms with van der Waals surface area (Å²) in [6.45, 7) is 2.16. The van der Waals surface area contributed by atoms with Gasteiger partial charge in [0, 0.05) is 6.61 Å². The first-order chi connectivity index (χ1) is 4.64. The molecule has 0 aliphatic heterocycles. The van der Waals surface area contributed by atoms with E-state index in [0.29, 0.717) is 5.92 Å². The summed E-state index contributed by atoms with van der Waals surface area (Å²) in [4.78, 5) is 0. The molecule has 0 unspecified atom stereocenters. The van der Waals surface area contributed by atoms with E-state index in [1.165, 1.54) is 0 Å². The van der Waals surface area contributed by atoms with Gasteiger partial charge in [0.25, 0.3) is 0 Å². The maximum atomic E-state index is 9.51. The van der Waals surface area contributed by atoms with Gasteiger partial charge in [-0.15, -0.1) is 0 Å². The molecule has 2 N–H and O–H groups in total. The van der Waals surface area contributed by atoms with E-state index in [1.54, 1.807) is 0 Å². The van der Waals surface area contributed by atoms with Gasteiger partial charge in [-0.3, -0.25) is 0 Å². The van der Waals surface area contributed by atoms with Gasteiger partial charge in [-0.05, 0) is 38.5 Å². The molecule has 2 nitrogen and oxygen atoms in total. The Morgan fingerprint density at radius 1 is 1.40 bits per heavy atom. The molecule has 0 radical (unpaired) electrons. The molecule has 0 saturated heterocycles. The topological polar surface area (TPSA) is 40.5 Å². The summed E-state index contributed by atoms with van der Waals surface area (Å²) in [6, 6.07) is 0. The van der Waals surface area contributed by atoms with Crippen LogP contribution in [-0.2, 0) is 0 Å². The van der Waals surface area contributed by atoms with Crippen molar-refractivity contribution in [2.24, 2.45) is 5.92 Å². The first kappa shape index (κ1) is 8.02. The van der Waals surface area contributed by atoms with E-state index in [2.05, 4.69) is 0 Å². The molecule has 1 aliphatic carbocycles. The zero-order chi connectivity index (χ0) is 7.61. The van der Waals surface area contributed by atoms with Crippen molar-refractivity contribution >= 4 is 0 Å². The van der Waals surface area contributed by atoms with Crippen LogP contribution in [0, 0.1) is 5.92 Å². The van der Waals surface area contributed by atoms with Gasteiger partial charge in [-0.1, -0.05) is 0 Å². The lowest BCUT2D eigenvalue weighted by atomic mass is 9.80. The summed E-state index contributed by atoms with van der Waals surface area (Å²) in [5.74, 6) is 0.445. The Morgan fingerprint density at radius 2 is 1.90 bits per heavy atom. The van der Waals surface area contributed by atoms with E-state index in [9.17, 15) is 5.11 Å². The first-order valence-corrected chi connectivity index (χ1v) is 3.97. The highest BCUT2D eigenvalue weighted by Crippen LogP contribution is 2.30. The fraction of sp³-hybridized carbons (Fsp3) is 1.00. The molecule has 0 spiro atoms. The van der Waals surface area contributed by atoms with Gasteiger partial charge in [0.05, 0.1) is 5.60 Å². The molecule has 2 heteroatoms. The van der Waals surface area contributed by atoms with Gasteiger partial charge in [0.15, 0.2) is 0 Å². The predicted octanol–water partition coefficient (Wildman–Crippen LogP) is 0.920. The number of aliphatic hydroxyl groups is 2. The number of aliphatic hydroxyl groups excluding tert-OH is 1. The Kier molecular flexibility index (Phi) is 2.32. The Morgan fingerprint density at radius 3 is 2.30 bits per heavy atom. The van der Waals surface area contributed by atoms with Gasteiger partial charge in [-0.25, -0.2) is 0 Å². The van der Waals surface area contributed by atoms with Crippen LogP contribution in [-0.4, -0.2) is 22.4 Å². The minimum Gasteiger partial charge on any atom is -0.396 e. The highest BCUT2D eigenvalue weighted by Gasteiger charge is 2.27. The summed E-state index contributed by atoms with van der Waals surface area (Å²) in [5, 5.41) is 18.3. The molecule has 1 aliphatic rings. The van der Waals surface area contributed by atoms with Crippen LogP contribution < -0.4 is 0 Å². The Bertz CT molecular complexity index is 99.8. The molecule has 60 valence electrons. The maximum absolute atomic E-state index is 9.51. The Hall–Kier alpha value is -0.0800. The van der Waals surface area contributed by atoms with Crippen molar-refractivity contribution < 1.29 is 10.2 Å². The normalized spacial score (nSPS) is 41.7. The van der Waals surface area contributed by atoms with E-state index >= 15 is 0 Å². The van der Waals surface area contributed by atoms with Crippen LogP contribution in [0.5, 0.6) is 0 Å². The molecule has 10 heavy (non-hydrogen) atoms. The summed E-state index contributed by atoms with van der Waals surface area (Å²) in [7, 11) is 0. The van der Waals surface area contributed by atoms with Crippen molar-refractivity contribution in [1.82, 2.24) is 0 Å². The average molecular weight is 144 g/mol. The van der Waals surface area contributed by atoms with Gasteiger partial charge < -0.3 is 10.2 Å². The smallest absolute Gasteiger partial charge is 0.0620 e. The largest absolute Gasteiger partial charge is 0.396 e. The highest BCUT2D eigenvalue weighted by molar-refractivity contribution is 4.80. The van der Waals surface area contributed by atoms with Crippen LogP contribution in [0.4, 0.5) is 0 Å². The summed E-state index contributed by atoms with van der Waals surface area (Å²) >= 11 is 0. The molecule has 0 bridgehead atoms. The van der Waals surface area contributed by atoms with Crippen molar-refractivity contribution in [3.05, 3.63) is 0 Å². The second-order valence-electron chi connectivity index (χ2n) is 3.62. The maximum Gasteiger partial charge on any atom is 0.0620 e. The predicted molar refractivity (Wildman–Crippen MR) is 39.7 cm³/mol. The third-order valence-electron chi connectivity index (χ3n) is 2.44. The van der Waals surface area contributed by atoms with Crippen molar-refractivity contribution in [2.75, 3.05) is 6.61 Å². The molecular weight excluding hydrogens is 128 g/mol. The van der Waals surface area contributed by atoms with E-state index in [1.807, 2.05) is 6.92 Å². The monoisotopic (exact) mass is 144 g/mol. The summed E-state index contributed by atoms with van der Waals surface area (Å²) < 4.78 is 0. The van der Waals surface area contributed by atoms with Gasteiger partial charge in [0.2, 0.25) is 0 Å². The number of hydrogen-bond donors (Lipinski definition) is 2. The lowest BCUT2D eigenvalue weighted by molar-refractivity contribution is -0.000223. The van der Waals surface area contributed by atoms with Crippen LogP contribution >= 0.6 is 0 Å². The molecule has 1 saturated carbocycles. The molecule has 0 heterocycles. The van der Waals surface area contributed by atoms with E-state index in [0.717, 1.165) is 25.7 Å². The second-order valence-corrected chi connectivity index (χ2v) is 3.62. The lowest BCUT2D eigenvalue weighted by Crippen LogP contribution is -2.31. The number of rotatable bonds is 1. The number of hydrogen-bond acceptors (Lipinski definition) is 2. The molecule has 1 rings (SSSR count). The first-order valence-electron chi connectivity index (χ1n) is 3.97. The lowest BCUT2D eigenvalue weighted by Gasteiger charge is -2.31.